The highest BCUT2D eigenvalue weighted by molar-refractivity contribution is 6.04. The van der Waals surface area contributed by atoms with Gasteiger partial charge in [0.2, 0.25) is 5.91 Å². The van der Waals surface area contributed by atoms with Crippen molar-refractivity contribution in [2.24, 2.45) is 5.41 Å². The van der Waals surface area contributed by atoms with Gasteiger partial charge in [-0.3, -0.25) is 9.59 Å². The molecule has 0 spiro atoms. The van der Waals surface area contributed by atoms with Crippen molar-refractivity contribution in [1.29, 1.82) is 0 Å². The lowest BCUT2D eigenvalue weighted by atomic mass is 10.1. The second kappa shape index (κ2) is 3.48. The largest absolute Gasteiger partial charge is 0.480 e. The van der Waals surface area contributed by atoms with Crippen LogP contribution >= 0.6 is 0 Å². The Bertz CT molecular complexity index is 298. The number of carboxylic acid groups (broad SMARTS) is 1. The third kappa shape index (κ3) is 1.84. The lowest BCUT2D eigenvalue weighted by molar-refractivity contribution is -0.149. The van der Waals surface area contributed by atoms with E-state index >= 15 is 0 Å². The van der Waals surface area contributed by atoms with Gasteiger partial charge in [0.1, 0.15) is 5.41 Å². The highest BCUT2D eigenvalue weighted by atomic mass is 16.5. The molecule has 1 amide bonds. The number of carbonyl (C=O) groups excluding carboxylic acids is 1. The molecule has 2 N–H and O–H groups in total. The van der Waals surface area contributed by atoms with Crippen LogP contribution in [0.3, 0.4) is 0 Å². The molecule has 15 heavy (non-hydrogen) atoms. The molecule has 84 valence electrons. The number of amides is 1. The maximum absolute atomic E-state index is 11.7. The summed E-state index contributed by atoms with van der Waals surface area (Å²) in [4.78, 5) is 22.6. The van der Waals surface area contributed by atoms with E-state index in [1.54, 1.807) is 0 Å². The minimum Gasteiger partial charge on any atom is -0.480 e. The standard InChI is InChI=1S/C10H15NO4/c1-6-4-7(5-15-6)11-8(12)10(2-3-10)9(13)14/h6-7H,2-5H2,1H3,(H,11,12)(H,13,14). The first-order valence-electron chi connectivity index (χ1n) is 5.20. The van der Waals surface area contributed by atoms with Crippen molar-refractivity contribution in [3.05, 3.63) is 0 Å². The molecule has 1 saturated heterocycles. The number of carbonyl (C=O) groups is 2. The van der Waals surface area contributed by atoms with Gasteiger partial charge >= 0.3 is 5.97 Å². The van der Waals surface area contributed by atoms with Crippen LogP contribution in [0.1, 0.15) is 26.2 Å². The molecule has 1 saturated carbocycles. The van der Waals surface area contributed by atoms with E-state index in [4.69, 9.17) is 9.84 Å². The Morgan fingerprint density at radius 2 is 2.13 bits per heavy atom. The van der Waals surface area contributed by atoms with Gasteiger partial charge in [0.15, 0.2) is 0 Å². The fourth-order valence-electron chi connectivity index (χ4n) is 1.90. The van der Waals surface area contributed by atoms with Gasteiger partial charge in [0.05, 0.1) is 18.8 Å². The number of hydrogen-bond donors (Lipinski definition) is 2. The van der Waals surface area contributed by atoms with E-state index in [1.165, 1.54) is 0 Å². The first kappa shape index (κ1) is 10.4. The van der Waals surface area contributed by atoms with Crippen molar-refractivity contribution in [2.45, 2.75) is 38.3 Å². The summed E-state index contributed by atoms with van der Waals surface area (Å²) in [5.74, 6) is -1.36. The molecule has 1 aliphatic heterocycles. The van der Waals surface area contributed by atoms with Crippen molar-refractivity contribution < 1.29 is 19.4 Å². The molecule has 5 heteroatoms. The number of carboxylic acids is 1. The molecule has 0 aromatic carbocycles. The fraction of sp³-hybridized carbons (Fsp3) is 0.800. The summed E-state index contributed by atoms with van der Waals surface area (Å²) >= 11 is 0. The molecule has 2 rings (SSSR count). The Labute approximate surface area is 87.8 Å². The first-order chi connectivity index (χ1) is 7.04. The van der Waals surface area contributed by atoms with Crippen molar-refractivity contribution in [3.8, 4) is 0 Å². The summed E-state index contributed by atoms with van der Waals surface area (Å²) in [5.41, 5.74) is -1.13. The Kier molecular flexibility index (Phi) is 2.42. The molecule has 1 heterocycles. The third-order valence-electron chi connectivity index (χ3n) is 3.13. The second-order valence-electron chi connectivity index (χ2n) is 4.44. The summed E-state index contributed by atoms with van der Waals surface area (Å²) < 4.78 is 5.30. The monoisotopic (exact) mass is 213 g/mol. The molecule has 0 aromatic heterocycles. The van der Waals surface area contributed by atoms with Crippen LogP contribution in [0.15, 0.2) is 0 Å². The van der Waals surface area contributed by atoms with E-state index in [1.807, 2.05) is 6.92 Å². The van der Waals surface area contributed by atoms with Crippen LogP contribution in [-0.2, 0) is 14.3 Å². The molecule has 2 atom stereocenters. The molecule has 0 radical (unpaired) electrons. The van der Waals surface area contributed by atoms with Crippen molar-refractivity contribution in [3.63, 3.8) is 0 Å². The SMILES string of the molecule is CC1CC(NC(=O)C2(C(=O)O)CC2)CO1. The smallest absolute Gasteiger partial charge is 0.319 e. The van der Waals surface area contributed by atoms with E-state index in [0.29, 0.717) is 19.4 Å². The first-order valence-corrected chi connectivity index (χ1v) is 5.20. The van der Waals surface area contributed by atoms with Gasteiger partial charge in [-0.05, 0) is 26.2 Å². The minimum absolute atomic E-state index is 0.0238. The Hall–Kier alpha value is -1.10. The van der Waals surface area contributed by atoms with Crippen molar-refractivity contribution in [2.75, 3.05) is 6.61 Å². The van der Waals surface area contributed by atoms with Crippen LogP contribution < -0.4 is 5.32 Å². The normalized spacial score (nSPS) is 32.3. The number of nitrogens with one attached hydrogen (secondary N) is 1. The molecule has 5 nitrogen and oxygen atoms in total. The van der Waals surface area contributed by atoms with Crippen LogP contribution in [0.25, 0.3) is 0 Å². The molecule has 2 fully saturated rings. The van der Waals surface area contributed by atoms with Crippen LogP contribution in [-0.4, -0.2) is 35.7 Å². The maximum Gasteiger partial charge on any atom is 0.319 e. The number of ether oxygens (including phenoxy) is 1. The summed E-state index contributed by atoms with van der Waals surface area (Å²) in [7, 11) is 0. The Morgan fingerprint density at radius 3 is 2.53 bits per heavy atom. The zero-order valence-electron chi connectivity index (χ0n) is 8.66. The van der Waals surface area contributed by atoms with Gasteiger partial charge in [-0.2, -0.15) is 0 Å². The topological polar surface area (TPSA) is 75.6 Å². The molecular formula is C10H15NO4. The summed E-state index contributed by atoms with van der Waals surface area (Å²) in [5, 5.41) is 11.7. The van der Waals surface area contributed by atoms with Crippen LogP contribution in [0.4, 0.5) is 0 Å². The van der Waals surface area contributed by atoms with Crippen molar-refractivity contribution >= 4 is 11.9 Å². The molecule has 0 aromatic rings. The van der Waals surface area contributed by atoms with E-state index in [0.717, 1.165) is 6.42 Å². The molecular weight excluding hydrogens is 198 g/mol. The quantitative estimate of drug-likeness (QED) is 0.654. The van der Waals surface area contributed by atoms with Crippen LogP contribution in [0.5, 0.6) is 0 Å². The number of rotatable bonds is 3. The van der Waals surface area contributed by atoms with Crippen LogP contribution in [0, 0.1) is 5.41 Å². The second-order valence-corrected chi connectivity index (χ2v) is 4.44. The Balaban J connectivity index is 1.90. The zero-order chi connectivity index (χ0) is 11.1. The van der Waals surface area contributed by atoms with Gasteiger partial charge in [-0.15, -0.1) is 0 Å². The maximum atomic E-state index is 11.7. The van der Waals surface area contributed by atoms with Gasteiger partial charge in [-0.1, -0.05) is 0 Å². The van der Waals surface area contributed by atoms with E-state index < -0.39 is 11.4 Å². The molecule has 0 bridgehead atoms. The zero-order valence-corrected chi connectivity index (χ0v) is 8.66. The fourth-order valence-corrected chi connectivity index (χ4v) is 1.90. The highest BCUT2D eigenvalue weighted by Gasteiger charge is 2.57. The predicted octanol–water partition coefficient (Wildman–Crippen LogP) is 0.145. The van der Waals surface area contributed by atoms with E-state index in [-0.39, 0.29) is 18.1 Å². The number of aliphatic carboxylic acids is 1. The lowest BCUT2D eigenvalue weighted by Gasteiger charge is -2.14. The molecule has 2 unspecified atom stereocenters. The summed E-state index contributed by atoms with van der Waals surface area (Å²) in [6.07, 6.45) is 1.83. The van der Waals surface area contributed by atoms with E-state index in [9.17, 15) is 9.59 Å². The average molecular weight is 213 g/mol. The summed E-state index contributed by atoms with van der Waals surface area (Å²) in [6, 6.07) is -0.0238. The van der Waals surface area contributed by atoms with Gasteiger partial charge < -0.3 is 15.2 Å². The van der Waals surface area contributed by atoms with Gasteiger partial charge in [0.25, 0.3) is 0 Å². The number of hydrogen-bond acceptors (Lipinski definition) is 3. The lowest BCUT2D eigenvalue weighted by Crippen LogP contribution is -2.43. The van der Waals surface area contributed by atoms with Gasteiger partial charge in [-0.25, -0.2) is 0 Å². The highest BCUT2D eigenvalue weighted by Crippen LogP contribution is 2.46. The minimum atomic E-state index is -1.13. The average Bonchev–Trinajstić information content (AvgIpc) is 2.88. The molecule has 2 aliphatic rings. The van der Waals surface area contributed by atoms with Crippen molar-refractivity contribution in [1.82, 2.24) is 5.32 Å². The van der Waals surface area contributed by atoms with E-state index in [2.05, 4.69) is 5.32 Å². The molecule has 1 aliphatic carbocycles. The van der Waals surface area contributed by atoms with Gasteiger partial charge in [0, 0.05) is 0 Å². The Morgan fingerprint density at radius 1 is 1.47 bits per heavy atom. The van der Waals surface area contributed by atoms with Crippen LogP contribution in [0.2, 0.25) is 0 Å². The third-order valence-corrected chi connectivity index (χ3v) is 3.13. The summed E-state index contributed by atoms with van der Waals surface area (Å²) in [6.45, 7) is 2.43. The predicted molar refractivity (Wildman–Crippen MR) is 51.3 cm³/mol.